The third kappa shape index (κ3) is 6.40. The summed E-state index contributed by atoms with van der Waals surface area (Å²) in [6.07, 6.45) is 8.09. The first-order valence-electron chi connectivity index (χ1n) is 8.10. The van der Waals surface area contributed by atoms with Crippen molar-refractivity contribution < 1.29 is 9.59 Å². The lowest BCUT2D eigenvalue weighted by atomic mass is 9.86. The van der Waals surface area contributed by atoms with Crippen LogP contribution in [0.5, 0.6) is 0 Å². The smallest absolute Gasteiger partial charge is 0.239 e. The Labute approximate surface area is 123 Å². The minimum absolute atomic E-state index is 0.0622. The zero-order chi connectivity index (χ0) is 15.0. The zero-order valence-corrected chi connectivity index (χ0v) is 13.3. The molecule has 0 radical (unpaired) electrons. The Kier molecular flexibility index (Phi) is 7.63. The normalized spacial score (nSPS) is 16.2. The highest BCUT2D eigenvalue weighted by molar-refractivity contribution is 5.84. The minimum atomic E-state index is -0.0622. The van der Waals surface area contributed by atoms with Crippen LogP contribution in [0.3, 0.4) is 0 Å². The molecule has 0 spiro atoms. The van der Waals surface area contributed by atoms with Crippen molar-refractivity contribution in [1.82, 2.24) is 10.2 Å². The van der Waals surface area contributed by atoms with Gasteiger partial charge in [0.2, 0.25) is 11.8 Å². The lowest BCUT2D eigenvalue weighted by Crippen LogP contribution is -2.42. The van der Waals surface area contributed by atoms with Crippen LogP contribution in [0.4, 0.5) is 0 Å². The lowest BCUT2D eigenvalue weighted by Gasteiger charge is -2.24. The van der Waals surface area contributed by atoms with Crippen molar-refractivity contribution in [2.75, 3.05) is 13.1 Å². The van der Waals surface area contributed by atoms with E-state index >= 15 is 0 Å². The molecule has 0 aromatic rings. The van der Waals surface area contributed by atoms with Crippen LogP contribution in [-0.4, -0.2) is 35.8 Å². The van der Waals surface area contributed by atoms with E-state index in [-0.39, 0.29) is 24.4 Å². The largest absolute Gasteiger partial charge is 0.352 e. The van der Waals surface area contributed by atoms with Gasteiger partial charge in [-0.25, -0.2) is 0 Å². The van der Waals surface area contributed by atoms with Crippen molar-refractivity contribution in [2.24, 2.45) is 5.92 Å². The van der Waals surface area contributed by atoms with Crippen LogP contribution in [0.15, 0.2) is 0 Å². The van der Waals surface area contributed by atoms with E-state index in [1.54, 1.807) is 4.90 Å². The van der Waals surface area contributed by atoms with Crippen LogP contribution in [0, 0.1) is 5.92 Å². The molecule has 4 heteroatoms. The predicted molar refractivity (Wildman–Crippen MR) is 81.3 cm³/mol. The van der Waals surface area contributed by atoms with Crippen molar-refractivity contribution in [1.29, 1.82) is 0 Å². The molecule has 0 atom stereocenters. The highest BCUT2D eigenvalue weighted by Crippen LogP contribution is 2.27. The fraction of sp³-hybridized carbons (Fsp3) is 0.875. The van der Waals surface area contributed by atoms with Crippen molar-refractivity contribution in [3.63, 3.8) is 0 Å². The maximum absolute atomic E-state index is 12.2. The molecule has 116 valence electrons. The molecule has 0 unspecified atom stereocenters. The van der Waals surface area contributed by atoms with Crippen molar-refractivity contribution in [3.8, 4) is 0 Å². The summed E-state index contributed by atoms with van der Waals surface area (Å²) in [7, 11) is 0. The first-order valence-corrected chi connectivity index (χ1v) is 8.10. The van der Waals surface area contributed by atoms with E-state index in [1.165, 1.54) is 32.1 Å². The summed E-state index contributed by atoms with van der Waals surface area (Å²) in [5, 5.41) is 2.84. The second-order valence-electron chi connectivity index (χ2n) is 6.17. The monoisotopic (exact) mass is 282 g/mol. The number of rotatable bonds is 7. The number of carbonyl (C=O) groups excluding carboxylic acids is 2. The topological polar surface area (TPSA) is 49.4 Å². The standard InChI is InChI=1S/C16H30N2O2/c1-4-18(12-15(19)17-13(2)3)16(20)11-10-14-8-6-5-7-9-14/h13-14H,4-12H2,1-3H3,(H,17,19). The maximum atomic E-state index is 12.2. The van der Waals surface area contributed by atoms with Crippen molar-refractivity contribution in [3.05, 3.63) is 0 Å². The molecule has 0 aromatic carbocycles. The molecule has 0 aliphatic heterocycles. The summed E-state index contributed by atoms with van der Waals surface area (Å²) >= 11 is 0. The second kappa shape index (κ2) is 8.98. The van der Waals surface area contributed by atoms with Gasteiger partial charge in [0, 0.05) is 19.0 Å². The number of nitrogens with one attached hydrogen (secondary N) is 1. The van der Waals surface area contributed by atoms with Gasteiger partial charge in [0.05, 0.1) is 6.54 Å². The van der Waals surface area contributed by atoms with Crippen LogP contribution in [0.2, 0.25) is 0 Å². The molecule has 1 saturated carbocycles. The van der Waals surface area contributed by atoms with Crippen molar-refractivity contribution >= 4 is 11.8 Å². The van der Waals surface area contributed by atoms with Crippen LogP contribution in [0.1, 0.15) is 65.7 Å². The molecule has 1 aliphatic carbocycles. The molecule has 2 amide bonds. The van der Waals surface area contributed by atoms with Crippen LogP contribution >= 0.6 is 0 Å². The number of hydrogen-bond acceptors (Lipinski definition) is 2. The molecule has 1 aliphatic rings. The third-order valence-electron chi connectivity index (χ3n) is 4.01. The van der Waals surface area contributed by atoms with Gasteiger partial charge < -0.3 is 10.2 Å². The SMILES string of the molecule is CCN(CC(=O)NC(C)C)C(=O)CCC1CCCCC1. The van der Waals surface area contributed by atoms with E-state index in [2.05, 4.69) is 5.32 Å². The van der Waals surface area contributed by atoms with E-state index in [0.29, 0.717) is 13.0 Å². The number of nitrogens with zero attached hydrogens (tertiary/aromatic N) is 1. The third-order valence-corrected chi connectivity index (χ3v) is 4.01. The van der Waals surface area contributed by atoms with Gasteiger partial charge in [-0.05, 0) is 33.1 Å². The Morgan fingerprint density at radius 2 is 1.85 bits per heavy atom. The molecule has 20 heavy (non-hydrogen) atoms. The Morgan fingerprint density at radius 1 is 1.20 bits per heavy atom. The number of likely N-dealkylation sites (N-methyl/N-ethyl adjacent to an activating group) is 1. The minimum Gasteiger partial charge on any atom is -0.352 e. The maximum Gasteiger partial charge on any atom is 0.239 e. The molecule has 4 nitrogen and oxygen atoms in total. The molecule has 0 saturated heterocycles. The predicted octanol–water partition coefficient (Wildman–Crippen LogP) is 2.72. The molecule has 0 aromatic heterocycles. The van der Waals surface area contributed by atoms with Crippen LogP contribution in [0.25, 0.3) is 0 Å². The van der Waals surface area contributed by atoms with Crippen molar-refractivity contribution in [2.45, 2.75) is 71.8 Å². The summed E-state index contributed by atoms with van der Waals surface area (Å²) < 4.78 is 0. The molecule has 1 rings (SSSR count). The van der Waals surface area contributed by atoms with Gasteiger partial charge in [0.15, 0.2) is 0 Å². The van der Waals surface area contributed by atoms with Gasteiger partial charge in [-0.1, -0.05) is 32.1 Å². The second-order valence-corrected chi connectivity index (χ2v) is 6.17. The molecule has 0 bridgehead atoms. The fourth-order valence-electron chi connectivity index (χ4n) is 2.88. The average Bonchev–Trinajstić information content (AvgIpc) is 2.42. The molecular formula is C16H30N2O2. The summed E-state index contributed by atoms with van der Waals surface area (Å²) in [6, 6.07) is 0.124. The Morgan fingerprint density at radius 3 is 2.40 bits per heavy atom. The molecule has 0 heterocycles. The van der Waals surface area contributed by atoms with E-state index in [4.69, 9.17) is 0 Å². The number of amides is 2. The quantitative estimate of drug-likeness (QED) is 0.780. The van der Waals surface area contributed by atoms with E-state index in [1.807, 2.05) is 20.8 Å². The summed E-state index contributed by atoms with van der Waals surface area (Å²) in [6.45, 7) is 6.59. The Bertz CT molecular complexity index is 310. The van der Waals surface area contributed by atoms with Crippen LogP contribution in [-0.2, 0) is 9.59 Å². The van der Waals surface area contributed by atoms with Gasteiger partial charge in [-0.3, -0.25) is 9.59 Å². The molecule has 1 N–H and O–H groups in total. The van der Waals surface area contributed by atoms with Crippen LogP contribution < -0.4 is 5.32 Å². The van der Waals surface area contributed by atoms with Gasteiger partial charge in [0.1, 0.15) is 0 Å². The van der Waals surface area contributed by atoms with Gasteiger partial charge in [-0.15, -0.1) is 0 Å². The first-order chi connectivity index (χ1) is 9.52. The highest BCUT2D eigenvalue weighted by atomic mass is 16.2. The number of carbonyl (C=O) groups is 2. The van der Waals surface area contributed by atoms with E-state index in [9.17, 15) is 9.59 Å². The molecule has 1 fully saturated rings. The highest BCUT2D eigenvalue weighted by Gasteiger charge is 2.19. The van der Waals surface area contributed by atoms with Gasteiger partial charge >= 0.3 is 0 Å². The first kappa shape index (κ1) is 17.0. The lowest BCUT2D eigenvalue weighted by molar-refractivity contribution is -0.136. The fourth-order valence-corrected chi connectivity index (χ4v) is 2.88. The van der Waals surface area contributed by atoms with E-state index < -0.39 is 0 Å². The Hall–Kier alpha value is -1.06. The van der Waals surface area contributed by atoms with Gasteiger partial charge in [0.25, 0.3) is 0 Å². The summed E-state index contributed by atoms with van der Waals surface area (Å²) in [5.41, 5.74) is 0. The number of hydrogen-bond donors (Lipinski definition) is 1. The van der Waals surface area contributed by atoms with Gasteiger partial charge in [-0.2, -0.15) is 0 Å². The molecular weight excluding hydrogens is 252 g/mol. The average molecular weight is 282 g/mol. The zero-order valence-electron chi connectivity index (χ0n) is 13.3. The summed E-state index contributed by atoms with van der Waals surface area (Å²) in [5.74, 6) is 0.778. The van der Waals surface area contributed by atoms with E-state index in [0.717, 1.165) is 12.3 Å². The summed E-state index contributed by atoms with van der Waals surface area (Å²) in [4.78, 5) is 25.6. The Balaban J connectivity index is 2.32.